The number of fused-ring (bicyclic) bond motifs is 4. The van der Waals surface area contributed by atoms with Crippen LogP contribution in [0.4, 0.5) is 0 Å². The van der Waals surface area contributed by atoms with Crippen LogP contribution in [0.15, 0.2) is 83.9 Å². The van der Waals surface area contributed by atoms with E-state index in [4.69, 9.17) is 14.0 Å². The summed E-state index contributed by atoms with van der Waals surface area (Å²) in [5.74, 6) is -0.622. The quantitative estimate of drug-likeness (QED) is 0.210. The molecule has 7 rings (SSSR count). The van der Waals surface area contributed by atoms with Crippen LogP contribution < -0.4 is 9.47 Å². The van der Waals surface area contributed by atoms with E-state index in [0.29, 0.717) is 53.5 Å². The van der Waals surface area contributed by atoms with Crippen molar-refractivity contribution in [3.63, 3.8) is 0 Å². The zero-order valence-corrected chi connectivity index (χ0v) is 26.5. The summed E-state index contributed by atoms with van der Waals surface area (Å²) < 4.78 is 18.3. The first-order chi connectivity index (χ1) is 22.2. The number of benzene rings is 3. The first-order valence-electron chi connectivity index (χ1n) is 16.1. The van der Waals surface area contributed by atoms with E-state index in [0.717, 1.165) is 28.7 Å². The molecule has 0 spiro atoms. The summed E-state index contributed by atoms with van der Waals surface area (Å²) in [5.41, 5.74) is 3.44. The summed E-state index contributed by atoms with van der Waals surface area (Å²) in [6.45, 7) is 10.7. The number of aromatic nitrogens is 1. The maximum atomic E-state index is 15.0. The molecule has 5 atom stereocenters. The molecule has 1 aromatic heterocycles. The predicted octanol–water partition coefficient (Wildman–Crippen LogP) is 7.15. The van der Waals surface area contributed by atoms with Gasteiger partial charge in [-0.05, 0) is 71.2 Å². The van der Waals surface area contributed by atoms with Gasteiger partial charge in [0.2, 0.25) is 0 Å². The Labute approximate surface area is 269 Å². The first-order valence-corrected chi connectivity index (χ1v) is 16.1. The van der Waals surface area contributed by atoms with Crippen molar-refractivity contribution in [1.29, 1.82) is 0 Å². The van der Waals surface area contributed by atoms with E-state index in [1.807, 2.05) is 86.6 Å². The lowest BCUT2D eigenvalue weighted by Gasteiger charge is -2.57. The number of carbonyl (C=O) groups is 2. The van der Waals surface area contributed by atoms with Crippen molar-refractivity contribution < 1.29 is 28.7 Å². The van der Waals surface area contributed by atoms with E-state index in [2.05, 4.69) is 18.7 Å². The molecule has 5 unspecified atom stereocenters. The fourth-order valence-corrected chi connectivity index (χ4v) is 8.32. The maximum absolute atomic E-state index is 15.0. The number of aliphatic hydroxyl groups excluding tert-OH is 1. The molecule has 1 N–H and O–H groups in total. The molecule has 1 heterocycles. The van der Waals surface area contributed by atoms with Crippen LogP contribution in [-0.2, 0) is 30.8 Å². The van der Waals surface area contributed by atoms with Gasteiger partial charge < -0.3 is 19.1 Å². The molecule has 0 saturated heterocycles. The predicted molar refractivity (Wildman–Crippen MR) is 174 cm³/mol. The normalized spacial score (nSPS) is 26.5. The van der Waals surface area contributed by atoms with E-state index in [-0.39, 0.29) is 36.6 Å². The summed E-state index contributed by atoms with van der Waals surface area (Å²) >= 11 is 0. The van der Waals surface area contributed by atoms with Crippen molar-refractivity contribution in [3.8, 4) is 11.6 Å². The highest BCUT2D eigenvalue weighted by molar-refractivity contribution is 6.19. The number of hydrogen-bond donors (Lipinski definition) is 1. The molecule has 4 aromatic rings. The van der Waals surface area contributed by atoms with Crippen molar-refractivity contribution in [1.82, 2.24) is 5.16 Å². The third-order valence-electron chi connectivity index (χ3n) is 10.9. The first kappa shape index (κ1) is 30.2. The fraction of sp³-hybridized carbons (Fsp3) is 0.359. The Hall–Kier alpha value is -4.49. The number of ether oxygens (including phenoxy) is 2. The summed E-state index contributed by atoms with van der Waals surface area (Å²) in [6.07, 6.45) is 1.59. The largest absolute Gasteiger partial charge is 0.488 e. The average molecular weight is 618 g/mol. The molecule has 0 radical (unpaired) electrons. The fourth-order valence-electron chi connectivity index (χ4n) is 8.32. The number of aryl methyl sites for hydroxylation is 1. The molecule has 7 nitrogen and oxygen atoms in total. The average Bonchev–Trinajstić information content (AvgIpc) is 3.51. The van der Waals surface area contributed by atoms with Crippen LogP contribution in [0.25, 0.3) is 5.57 Å². The number of ketones is 2. The highest BCUT2D eigenvalue weighted by Gasteiger charge is 2.66. The number of hydrogen-bond acceptors (Lipinski definition) is 7. The summed E-state index contributed by atoms with van der Waals surface area (Å²) in [5, 5.41) is 15.4. The van der Waals surface area contributed by atoms with Gasteiger partial charge in [0.1, 0.15) is 19.0 Å². The second-order valence-electron chi connectivity index (χ2n) is 13.3. The van der Waals surface area contributed by atoms with Gasteiger partial charge in [-0.3, -0.25) is 9.59 Å². The van der Waals surface area contributed by atoms with Crippen molar-refractivity contribution >= 4 is 17.1 Å². The Morgan fingerprint density at radius 2 is 1.61 bits per heavy atom. The standard InChI is InChI=1S/C39H39NO6/c1-5-27-16-17-30(44-20-25-12-8-6-9-13-25)32-28(27)18-39(22-41)19-29-23(2)35-31(24(3)38(29,4)36(43)33(39)34(32)42)37(40-46-35)45-21-26-14-10-7-11-15-26/h6-17,23,29,33,41H,3,5,18-22H2,1-2,4H3. The summed E-state index contributed by atoms with van der Waals surface area (Å²) in [7, 11) is 0. The smallest absolute Gasteiger partial charge is 0.262 e. The number of aliphatic hydroxyl groups is 1. The highest BCUT2D eigenvalue weighted by Crippen LogP contribution is 2.65. The van der Waals surface area contributed by atoms with Crippen LogP contribution in [-0.4, -0.2) is 28.4 Å². The lowest BCUT2D eigenvalue weighted by molar-refractivity contribution is -0.145. The monoisotopic (exact) mass is 617 g/mol. The topological polar surface area (TPSA) is 98.9 Å². The molecule has 236 valence electrons. The minimum Gasteiger partial charge on any atom is -0.488 e. The van der Waals surface area contributed by atoms with Gasteiger partial charge >= 0.3 is 0 Å². The number of nitrogens with zero attached hydrogens (tertiary/aromatic N) is 1. The van der Waals surface area contributed by atoms with E-state index in [1.165, 1.54) is 0 Å². The van der Waals surface area contributed by atoms with Crippen molar-refractivity contribution in [3.05, 3.63) is 119 Å². The highest BCUT2D eigenvalue weighted by atomic mass is 16.5. The minimum absolute atomic E-state index is 0.219. The second kappa shape index (κ2) is 11.4. The third-order valence-corrected chi connectivity index (χ3v) is 10.9. The number of allylic oxidation sites excluding steroid dienone is 1. The Bertz CT molecular complexity index is 1830. The number of rotatable bonds is 8. The lowest BCUT2D eigenvalue weighted by atomic mass is 9.43. The van der Waals surface area contributed by atoms with Gasteiger partial charge in [-0.25, -0.2) is 0 Å². The maximum Gasteiger partial charge on any atom is 0.262 e. The summed E-state index contributed by atoms with van der Waals surface area (Å²) in [4.78, 5) is 29.8. The van der Waals surface area contributed by atoms with Gasteiger partial charge in [0, 0.05) is 11.3 Å². The molecule has 3 aromatic carbocycles. The summed E-state index contributed by atoms with van der Waals surface area (Å²) in [6, 6.07) is 23.4. The Balaban J connectivity index is 1.28. The van der Waals surface area contributed by atoms with Gasteiger partial charge in [-0.15, -0.1) is 0 Å². The SMILES string of the molecule is C=C1c2c(OCc3ccccc3)noc2C(C)C2CC3(CO)Cc4c(CC)ccc(OCc5ccccc5)c4C(=O)C3C(=O)C12C. The Kier molecular flexibility index (Phi) is 7.47. The zero-order valence-electron chi connectivity index (χ0n) is 26.5. The number of carbonyl (C=O) groups excluding carboxylic acids is 2. The third kappa shape index (κ3) is 4.47. The lowest BCUT2D eigenvalue weighted by Crippen LogP contribution is -2.61. The van der Waals surface area contributed by atoms with Crippen LogP contribution in [0, 0.1) is 22.7 Å². The van der Waals surface area contributed by atoms with Crippen LogP contribution in [0.2, 0.25) is 0 Å². The molecule has 3 aliphatic rings. The molecule has 46 heavy (non-hydrogen) atoms. The van der Waals surface area contributed by atoms with Gasteiger partial charge in [0.25, 0.3) is 5.88 Å². The van der Waals surface area contributed by atoms with Crippen LogP contribution >= 0.6 is 0 Å². The van der Waals surface area contributed by atoms with E-state index in [1.54, 1.807) is 0 Å². The van der Waals surface area contributed by atoms with E-state index < -0.39 is 16.7 Å². The molecule has 1 fully saturated rings. The Morgan fingerprint density at radius 1 is 0.957 bits per heavy atom. The van der Waals surface area contributed by atoms with Gasteiger partial charge in [-0.2, -0.15) is 0 Å². The van der Waals surface area contributed by atoms with E-state index in [9.17, 15) is 14.7 Å². The molecule has 0 amide bonds. The molecule has 0 aliphatic heterocycles. The van der Waals surface area contributed by atoms with Crippen LogP contribution in [0.1, 0.15) is 77.0 Å². The molecule has 3 aliphatic carbocycles. The van der Waals surface area contributed by atoms with Crippen molar-refractivity contribution in [2.75, 3.05) is 6.61 Å². The zero-order chi connectivity index (χ0) is 32.2. The molecular formula is C39H39NO6. The van der Waals surface area contributed by atoms with Crippen LogP contribution in [0.5, 0.6) is 11.6 Å². The van der Waals surface area contributed by atoms with Gasteiger partial charge in [0.15, 0.2) is 17.3 Å². The van der Waals surface area contributed by atoms with Gasteiger partial charge in [-0.1, -0.05) is 87.2 Å². The molecule has 1 saturated carbocycles. The van der Waals surface area contributed by atoms with E-state index >= 15 is 0 Å². The molecule has 7 heteroatoms. The van der Waals surface area contributed by atoms with Gasteiger partial charge in [0.05, 0.1) is 29.1 Å². The molecular weight excluding hydrogens is 578 g/mol. The van der Waals surface area contributed by atoms with Crippen molar-refractivity contribution in [2.24, 2.45) is 22.7 Å². The second-order valence-corrected chi connectivity index (χ2v) is 13.3. The molecule has 0 bridgehead atoms. The van der Waals surface area contributed by atoms with Crippen molar-refractivity contribution in [2.45, 2.75) is 59.2 Å². The van der Waals surface area contributed by atoms with Crippen LogP contribution in [0.3, 0.4) is 0 Å². The minimum atomic E-state index is -1.09. The number of Topliss-reactive ketones (excluding diaryl/α,β-unsaturated/α-hetero) is 2. The Morgan fingerprint density at radius 3 is 2.24 bits per heavy atom.